The quantitative estimate of drug-likeness (QED) is 0.662. The Hall–Kier alpha value is -1.46. The van der Waals surface area contributed by atoms with Crippen LogP contribution in [0.25, 0.3) is 0 Å². The van der Waals surface area contributed by atoms with Crippen LogP contribution in [-0.4, -0.2) is 13.1 Å². The predicted molar refractivity (Wildman–Crippen MR) is 81.0 cm³/mol. The molecule has 0 spiro atoms. The Morgan fingerprint density at radius 1 is 1.32 bits per heavy atom. The smallest absolute Gasteiger partial charge is 0.350 e. The third-order valence-electron chi connectivity index (χ3n) is 2.65. The van der Waals surface area contributed by atoms with Crippen molar-refractivity contribution < 1.29 is 9.53 Å². The minimum absolute atomic E-state index is 0.306. The van der Waals surface area contributed by atoms with Crippen LogP contribution < -0.4 is 4.72 Å². The second-order valence-electron chi connectivity index (χ2n) is 3.86. The zero-order chi connectivity index (χ0) is 13.7. The van der Waals surface area contributed by atoms with Crippen LogP contribution in [0.15, 0.2) is 40.6 Å². The number of esters is 1. The van der Waals surface area contributed by atoms with E-state index in [0.29, 0.717) is 4.88 Å². The normalized spacial score (nSPS) is 10.2. The first-order chi connectivity index (χ1) is 9.24. The van der Waals surface area contributed by atoms with E-state index >= 15 is 0 Å². The Morgan fingerprint density at radius 2 is 2.05 bits per heavy atom. The molecule has 0 fully saturated rings. The fourth-order valence-electron chi connectivity index (χ4n) is 1.55. The summed E-state index contributed by atoms with van der Waals surface area (Å²) >= 11 is 2.86. The first-order valence-corrected chi connectivity index (χ1v) is 7.61. The molecule has 1 heterocycles. The molecule has 0 unspecified atom stereocenters. The van der Waals surface area contributed by atoms with Crippen molar-refractivity contribution in [3.8, 4) is 0 Å². The number of thiophene rings is 1. The lowest BCUT2D eigenvalue weighted by Crippen LogP contribution is -2.01. The molecule has 5 heteroatoms. The lowest BCUT2D eigenvalue weighted by molar-refractivity contribution is 0.0607. The van der Waals surface area contributed by atoms with Gasteiger partial charge in [0.2, 0.25) is 0 Å². The summed E-state index contributed by atoms with van der Waals surface area (Å²) in [6.07, 6.45) is 1.04. The van der Waals surface area contributed by atoms with Crippen LogP contribution in [0.4, 0.5) is 5.69 Å². The molecule has 2 aromatic rings. The summed E-state index contributed by atoms with van der Waals surface area (Å²) in [5.74, 6) is -0.306. The summed E-state index contributed by atoms with van der Waals surface area (Å²) in [7, 11) is 1.39. The molecule has 0 saturated heterocycles. The highest BCUT2D eigenvalue weighted by Gasteiger charge is 2.13. The molecule has 0 aliphatic carbocycles. The summed E-state index contributed by atoms with van der Waals surface area (Å²) in [6, 6.07) is 10.2. The minimum atomic E-state index is -0.306. The molecule has 2 rings (SSSR count). The number of carbonyl (C=O) groups is 1. The highest BCUT2D eigenvalue weighted by atomic mass is 32.2. The molecule has 0 bridgehead atoms. The first-order valence-electron chi connectivity index (χ1n) is 5.92. The van der Waals surface area contributed by atoms with Crippen molar-refractivity contribution in [1.82, 2.24) is 0 Å². The van der Waals surface area contributed by atoms with Crippen LogP contribution in [0.1, 0.15) is 22.2 Å². The standard InChI is InChI=1S/C14H15NO2S2/c1-3-10-4-6-11(7-5-10)19-15-12-8-9-18-13(12)14(16)17-2/h4-9,15H,3H2,1-2H3. The van der Waals surface area contributed by atoms with E-state index in [9.17, 15) is 4.79 Å². The summed E-state index contributed by atoms with van der Waals surface area (Å²) in [5.41, 5.74) is 2.11. The maximum atomic E-state index is 11.5. The summed E-state index contributed by atoms with van der Waals surface area (Å²) in [4.78, 5) is 13.2. The van der Waals surface area contributed by atoms with Crippen molar-refractivity contribution in [2.45, 2.75) is 18.2 Å². The second kappa shape index (κ2) is 6.63. The van der Waals surface area contributed by atoms with Crippen LogP contribution in [-0.2, 0) is 11.2 Å². The van der Waals surface area contributed by atoms with Crippen molar-refractivity contribution in [1.29, 1.82) is 0 Å². The van der Waals surface area contributed by atoms with Gasteiger partial charge in [0.25, 0.3) is 0 Å². The molecule has 100 valence electrons. The number of anilines is 1. The van der Waals surface area contributed by atoms with Crippen LogP contribution in [0.3, 0.4) is 0 Å². The lowest BCUT2D eigenvalue weighted by atomic mass is 10.2. The van der Waals surface area contributed by atoms with Gasteiger partial charge < -0.3 is 9.46 Å². The van der Waals surface area contributed by atoms with Crippen molar-refractivity contribution in [2.75, 3.05) is 11.8 Å². The van der Waals surface area contributed by atoms with E-state index in [4.69, 9.17) is 4.74 Å². The Labute approximate surface area is 121 Å². The van der Waals surface area contributed by atoms with Crippen LogP contribution in [0.2, 0.25) is 0 Å². The maximum absolute atomic E-state index is 11.5. The van der Waals surface area contributed by atoms with Gasteiger partial charge in [-0.1, -0.05) is 19.1 Å². The van der Waals surface area contributed by atoms with Gasteiger partial charge >= 0.3 is 5.97 Å². The molecule has 1 N–H and O–H groups in total. The van der Waals surface area contributed by atoms with E-state index < -0.39 is 0 Å². The molecule has 0 aliphatic rings. The van der Waals surface area contributed by atoms with Crippen LogP contribution in [0.5, 0.6) is 0 Å². The number of nitrogens with one attached hydrogen (secondary N) is 1. The minimum Gasteiger partial charge on any atom is -0.465 e. The fourth-order valence-corrected chi connectivity index (χ4v) is 3.05. The van der Waals surface area contributed by atoms with E-state index in [1.165, 1.54) is 36.0 Å². The molecule has 19 heavy (non-hydrogen) atoms. The second-order valence-corrected chi connectivity index (χ2v) is 5.65. The van der Waals surface area contributed by atoms with E-state index in [-0.39, 0.29) is 5.97 Å². The first kappa shape index (κ1) is 14.0. The van der Waals surface area contributed by atoms with Crippen molar-refractivity contribution in [2.24, 2.45) is 0 Å². The molecular formula is C14H15NO2S2. The highest BCUT2D eigenvalue weighted by Crippen LogP contribution is 2.28. The van der Waals surface area contributed by atoms with Gasteiger partial charge in [-0.05, 0) is 47.5 Å². The Bertz CT molecular complexity index is 549. The third kappa shape index (κ3) is 3.52. The molecule has 3 nitrogen and oxygen atoms in total. The summed E-state index contributed by atoms with van der Waals surface area (Å²) < 4.78 is 7.93. The number of ether oxygens (including phenoxy) is 1. The van der Waals surface area contributed by atoms with Crippen LogP contribution in [0, 0.1) is 0 Å². The zero-order valence-corrected chi connectivity index (χ0v) is 12.4. The van der Waals surface area contributed by atoms with Crippen molar-refractivity contribution >= 4 is 34.9 Å². The van der Waals surface area contributed by atoms with E-state index in [0.717, 1.165) is 17.0 Å². The molecule has 0 aliphatic heterocycles. The average Bonchev–Trinajstić information content (AvgIpc) is 2.93. The Kier molecular flexibility index (Phi) is 4.87. The number of hydrogen-bond acceptors (Lipinski definition) is 5. The predicted octanol–water partition coefficient (Wildman–Crippen LogP) is 4.22. The molecule has 1 aromatic heterocycles. The number of hydrogen-bond donors (Lipinski definition) is 1. The molecule has 0 amide bonds. The van der Waals surface area contributed by atoms with Crippen molar-refractivity contribution in [3.63, 3.8) is 0 Å². The molecule has 1 aromatic carbocycles. The zero-order valence-electron chi connectivity index (χ0n) is 10.8. The van der Waals surface area contributed by atoms with Gasteiger partial charge in [0, 0.05) is 4.90 Å². The topological polar surface area (TPSA) is 38.3 Å². The van der Waals surface area contributed by atoms with Crippen molar-refractivity contribution in [3.05, 3.63) is 46.2 Å². The maximum Gasteiger partial charge on any atom is 0.350 e. The number of rotatable bonds is 5. The summed E-state index contributed by atoms with van der Waals surface area (Å²) in [5, 5.41) is 1.87. The summed E-state index contributed by atoms with van der Waals surface area (Å²) in [6.45, 7) is 2.13. The molecule has 0 radical (unpaired) electrons. The van der Waals surface area contributed by atoms with E-state index in [1.807, 2.05) is 11.4 Å². The van der Waals surface area contributed by atoms with Gasteiger partial charge in [0.15, 0.2) is 0 Å². The SMILES string of the molecule is CCc1ccc(SNc2ccsc2C(=O)OC)cc1. The molecule has 0 atom stereocenters. The highest BCUT2D eigenvalue weighted by molar-refractivity contribution is 8.00. The van der Waals surface area contributed by atoms with Crippen LogP contribution >= 0.6 is 23.3 Å². The monoisotopic (exact) mass is 293 g/mol. The third-order valence-corrected chi connectivity index (χ3v) is 4.37. The molecule has 0 saturated carbocycles. The van der Waals surface area contributed by atoms with Gasteiger partial charge in [-0.3, -0.25) is 0 Å². The number of aryl methyl sites for hydroxylation is 1. The van der Waals surface area contributed by atoms with Gasteiger partial charge in [-0.2, -0.15) is 0 Å². The number of benzene rings is 1. The number of carbonyl (C=O) groups excluding carboxylic acids is 1. The number of methoxy groups -OCH3 is 1. The van der Waals surface area contributed by atoms with E-state index in [2.05, 4.69) is 35.9 Å². The Balaban J connectivity index is 2.02. The van der Waals surface area contributed by atoms with Gasteiger partial charge in [-0.15, -0.1) is 11.3 Å². The largest absolute Gasteiger partial charge is 0.465 e. The Morgan fingerprint density at radius 3 is 2.68 bits per heavy atom. The lowest BCUT2D eigenvalue weighted by Gasteiger charge is -2.06. The average molecular weight is 293 g/mol. The molecular weight excluding hydrogens is 278 g/mol. The fraction of sp³-hybridized carbons (Fsp3) is 0.214. The van der Waals surface area contributed by atoms with Gasteiger partial charge in [0.1, 0.15) is 4.88 Å². The van der Waals surface area contributed by atoms with E-state index in [1.54, 1.807) is 0 Å². The van der Waals surface area contributed by atoms with Gasteiger partial charge in [0.05, 0.1) is 12.8 Å². The van der Waals surface area contributed by atoms with Gasteiger partial charge in [-0.25, -0.2) is 4.79 Å².